The zero-order chi connectivity index (χ0) is 14.8. The molecule has 0 amide bonds. The van der Waals surface area contributed by atoms with Gasteiger partial charge in [0, 0.05) is 30.3 Å². The van der Waals surface area contributed by atoms with Crippen molar-refractivity contribution in [2.45, 2.75) is 24.8 Å². The molecule has 1 fully saturated rings. The molecule has 2 atom stereocenters. The van der Waals surface area contributed by atoms with E-state index in [-0.39, 0.29) is 6.04 Å². The minimum absolute atomic E-state index is 0.0633. The number of nitrogens with zero attached hydrogens (tertiary/aromatic N) is 2. The number of anilines is 1. The molecule has 1 aliphatic heterocycles. The quantitative estimate of drug-likeness (QED) is 0.905. The van der Waals surface area contributed by atoms with E-state index in [0.717, 1.165) is 30.1 Å². The molecular formula is C13H21N3O2S2. The van der Waals surface area contributed by atoms with Crippen molar-refractivity contribution in [2.75, 3.05) is 29.2 Å². The third-order valence-electron chi connectivity index (χ3n) is 3.50. The van der Waals surface area contributed by atoms with Crippen LogP contribution in [-0.2, 0) is 9.84 Å². The van der Waals surface area contributed by atoms with Crippen molar-refractivity contribution < 1.29 is 8.42 Å². The molecular weight excluding hydrogens is 294 g/mol. The van der Waals surface area contributed by atoms with Gasteiger partial charge >= 0.3 is 0 Å². The fourth-order valence-electron chi connectivity index (χ4n) is 2.23. The van der Waals surface area contributed by atoms with Gasteiger partial charge in [0.1, 0.15) is 5.37 Å². The Bertz CT molecular complexity index is 545. The lowest BCUT2D eigenvalue weighted by Gasteiger charge is -2.35. The number of thioether (sulfide) groups is 1. The highest BCUT2D eigenvalue weighted by Crippen LogP contribution is 2.26. The van der Waals surface area contributed by atoms with Gasteiger partial charge in [-0.3, -0.25) is 4.98 Å². The van der Waals surface area contributed by atoms with Crippen molar-refractivity contribution in [3.63, 3.8) is 0 Å². The lowest BCUT2D eigenvalue weighted by atomic mass is 10.1. The molecule has 1 aliphatic rings. The van der Waals surface area contributed by atoms with Gasteiger partial charge in [-0.25, -0.2) is 8.42 Å². The predicted molar refractivity (Wildman–Crippen MR) is 84.8 cm³/mol. The Morgan fingerprint density at radius 3 is 2.85 bits per heavy atom. The number of aromatic nitrogens is 1. The zero-order valence-corrected chi connectivity index (χ0v) is 13.5. The summed E-state index contributed by atoms with van der Waals surface area (Å²) in [6.45, 7) is 2.74. The van der Waals surface area contributed by atoms with Crippen LogP contribution in [0.25, 0.3) is 0 Å². The fraction of sp³-hybridized carbons (Fsp3) is 0.615. The van der Waals surface area contributed by atoms with Crippen LogP contribution in [0.3, 0.4) is 0 Å². The monoisotopic (exact) mass is 315 g/mol. The molecule has 112 valence electrons. The zero-order valence-electron chi connectivity index (χ0n) is 11.8. The van der Waals surface area contributed by atoms with Gasteiger partial charge in [-0.05, 0) is 18.6 Å². The van der Waals surface area contributed by atoms with Crippen LogP contribution in [-0.4, -0.2) is 43.1 Å². The molecule has 5 nitrogen and oxygen atoms in total. The summed E-state index contributed by atoms with van der Waals surface area (Å²) in [6, 6.07) is 3.75. The molecule has 2 rings (SSSR count). The Morgan fingerprint density at radius 2 is 2.30 bits per heavy atom. The molecule has 1 aromatic rings. The van der Waals surface area contributed by atoms with Gasteiger partial charge in [0.2, 0.25) is 0 Å². The van der Waals surface area contributed by atoms with Crippen LogP contribution in [0.15, 0.2) is 18.3 Å². The first-order valence-corrected chi connectivity index (χ1v) is 9.79. The highest BCUT2D eigenvalue weighted by Gasteiger charge is 2.31. The second kappa shape index (κ2) is 6.32. The van der Waals surface area contributed by atoms with Crippen LogP contribution < -0.4 is 10.6 Å². The molecule has 0 aliphatic carbocycles. The number of nitrogens with two attached hydrogens (primary N) is 1. The molecule has 1 unspecified atom stereocenters. The summed E-state index contributed by atoms with van der Waals surface area (Å²) in [6.07, 6.45) is 3.86. The smallest absolute Gasteiger partial charge is 0.169 e. The Kier molecular flexibility index (Phi) is 4.93. The first-order chi connectivity index (χ1) is 9.43. The third-order valence-corrected chi connectivity index (χ3v) is 6.14. The van der Waals surface area contributed by atoms with Crippen LogP contribution in [0.5, 0.6) is 0 Å². The van der Waals surface area contributed by atoms with Gasteiger partial charge in [0.05, 0.1) is 17.6 Å². The summed E-state index contributed by atoms with van der Waals surface area (Å²) < 4.78 is 23.8. The van der Waals surface area contributed by atoms with E-state index in [4.69, 9.17) is 5.73 Å². The van der Waals surface area contributed by atoms with Crippen molar-refractivity contribution in [2.24, 2.45) is 5.73 Å². The van der Waals surface area contributed by atoms with E-state index in [2.05, 4.69) is 4.98 Å². The Labute approximate surface area is 124 Å². The Hall–Kier alpha value is -0.790. The highest BCUT2D eigenvalue weighted by atomic mass is 32.2. The number of hydrogen-bond donors (Lipinski definition) is 1. The van der Waals surface area contributed by atoms with E-state index < -0.39 is 15.2 Å². The fourth-order valence-corrected chi connectivity index (χ4v) is 5.07. The second-order valence-corrected chi connectivity index (χ2v) is 8.36. The Balaban J connectivity index is 2.25. The lowest BCUT2D eigenvalue weighted by molar-refractivity contribution is 0.584. The molecule has 2 heterocycles. The van der Waals surface area contributed by atoms with Crippen LogP contribution in [0, 0.1) is 0 Å². The maximum absolute atomic E-state index is 11.9. The molecule has 0 bridgehead atoms. The van der Waals surface area contributed by atoms with E-state index in [0.29, 0.717) is 5.75 Å². The summed E-state index contributed by atoms with van der Waals surface area (Å²) in [5.74, 6) is 1.54. The second-order valence-electron chi connectivity index (χ2n) is 5.01. The van der Waals surface area contributed by atoms with Crippen LogP contribution in [0.1, 0.15) is 25.1 Å². The average Bonchev–Trinajstić information content (AvgIpc) is 2.46. The minimum atomic E-state index is -3.10. The van der Waals surface area contributed by atoms with Gasteiger partial charge < -0.3 is 10.6 Å². The maximum atomic E-state index is 11.9. The minimum Gasteiger partial charge on any atom is -0.352 e. The molecule has 0 saturated carbocycles. The van der Waals surface area contributed by atoms with Crippen LogP contribution in [0.2, 0.25) is 0 Å². The third kappa shape index (κ3) is 3.45. The normalized spacial score (nSPS) is 21.8. The van der Waals surface area contributed by atoms with Crippen molar-refractivity contribution in [3.8, 4) is 0 Å². The summed E-state index contributed by atoms with van der Waals surface area (Å²) in [4.78, 5) is 6.30. The standard InChI is InChI=1S/C13H21N3O2S2/c1-3-11(14)12-5-4-10(8-15-12)16-6-7-19-9-13(16)20(2,17)18/h4-5,8,11,13H,3,6-7,9,14H2,1-2H3/t11-,13?/m1/s1. The van der Waals surface area contributed by atoms with Gasteiger partial charge in [-0.2, -0.15) is 11.8 Å². The van der Waals surface area contributed by atoms with Gasteiger partial charge in [-0.1, -0.05) is 6.92 Å². The van der Waals surface area contributed by atoms with Crippen molar-refractivity contribution in [1.29, 1.82) is 0 Å². The van der Waals surface area contributed by atoms with Gasteiger partial charge in [0.15, 0.2) is 9.84 Å². The van der Waals surface area contributed by atoms with Crippen molar-refractivity contribution >= 4 is 27.3 Å². The maximum Gasteiger partial charge on any atom is 0.169 e. The van der Waals surface area contributed by atoms with Crippen LogP contribution >= 0.6 is 11.8 Å². The average molecular weight is 315 g/mol. The van der Waals surface area contributed by atoms with E-state index in [1.807, 2.05) is 24.0 Å². The van der Waals surface area contributed by atoms with Crippen LogP contribution in [0.4, 0.5) is 5.69 Å². The molecule has 0 radical (unpaired) electrons. The van der Waals surface area contributed by atoms with E-state index >= 15 is 0 Å². The van der Waals surface area contributed by atoms with E-state index in [9.17, 15) is 8.42 Å². The van der Waals surface area contributed by atoms with Gasteiger partial charge in [0.25, 0.3) is 0 Å². The summed E-state index contributed by atoms with van der Waals surface area (Å²) >= 11 is 1.68. The summed E-state index contributed by atoms with van der Waals surface area (Å²) in [7, 11) is -3.10. The number of sulfone groups is 1. The number of pyridine rings is 1. The molecule has 0 aromatic carbocycles. The molecule has 20 heavy (non-hydrogen) atoms. The lowest BCUT2D eigenvalue weighted by Crippen LogP contribution is -2.47. The SMILES string of the molecule is CC[C@@H](N)c1ccc(N2CCSCC2S(C)(=O)=O)cn1. The molecule has 2 N–H and O–H groups in total. The predicted octanol–water partition coefficient (Wildman–Crippen LogP) is 1.42. The molecule has 1 aromatic heterocycles. The molecule has 1 saturated heterocycles. The Morgan fingerprint density at radius 1 is 1.55 bits per heavy atom. The number of hydrogen-bond acceptors (Lipinski definition) is 6. The highest BCUT2D eigenvalue weighted by molar-refractivity contribution is 8.01. The van der Waals surface area contributed by atoms with Crippen molar-refractivity contribution in [1.82, 2.24) is 4.98 Å². The summed E-state index contributed by atoms with van der Waals surface area (Å²) in [5, 5.41) is -0.464. The van der Waals surface area contributed by atoms with Crippen molar-refractivity contribution in [3.05, 3.63) is 24.0 Å². The topological polar surface area (TPSA) is 76.3 Å². The first-order valence-electron chi connectivity index (χ1n) is 6.68. The van der Waals surface area contributed by atoms with E-state index in [1.165, 1.54) is 6.26 Å². The van der Waals surface area contributed by atoms with E-state index in [1.54, 1.807) is 18.0 Å². The molecule has 7 heteroatoms. The van der Waals surface area contributed by atoms with Gasteiger partial charge in [-0.15, -0.1) is 0 Å². The number of rotatable bonds is 4. The summed E-state index contributed by atoms with van der Waals surface area (Å²) in [5.41, 5.74) is 7.64. The molecule has 0 spiro atoms. The largest absolute Gasteiger partial charge is 0.352 e. The first kappa shape index (κ1) is 15.6.